The third-order valence-corrected chi connectivity index (χ3v) is 4.83. The van der Waals surface area contributed by atoms with E-state index >= 15 is 0 Å². The van der Waals surface area contributed by atoms with Gasteiger partial charge < -0.3 is 9.47 Å². The van der Waals surface area contributed by atoms with Crippen molar-refractivity contribution in [2.45, 2.75) is 31.8 Å². The molecule has 6 heteroatoms. The molecule has 0 heterocycles. The first-order chi connectivity index (χ1) is 13.0. The van der Waals surface area contributed by atoms with E-state index in [1.165, 1.54) is 12.1 Å². The highest BCUT2D eigenvalue weighted by Gasteiger charge is 2.35. The molecule has 0 bridgehead atoms. The molecule has 27 heavy (non-hydrogen) atoms. The summed E-state index contributed by atoms with van der Waals surface area (Å²) in [5.41, 5.74) is 1.24. The van der Waals surface area contributed by atoms with Gasteiger partial charge >= 0.3 is 5.97 Å². The maximum atomic E-state index is 13.5. The second kappa shape index (κ2) is 8.29. The van der Waals surface area contributed by atoms with Gasteiger partial charge in [0.05, 0.1) is 7.11 Å². The Morgan fingerprint density at radius 3 is 2.41 bits per heavy atom. The Kier molecular flexibility index (Phi) is 5.84. The number of hydrogen-bond donors (Lipinski definition) is 0. The van der Waals surface area contributed by atoms with E-state index in [9.17, 15) is 18.4 Å². The fraction of sp³-hybridized carbons (Fsp3) is 0.333. The van der Waals surface area contributed by atoms with Crippen molar-refractivity contribution < 1.29 is 27.8 Å². The van der Waals surface area contributed by atoms with E-state index in [-0.39, 0.29) is 31.1 Å². The molecule has 1 fully saturated rings. The summed E-state index contributed by atoms with van der Waals surface area (Å²) in [4.78, 5) is 24.6. The molecule has 0 saturated heterocycles. The van der Waals surface area contributed by atoms with Crippen LogP contribution >= 0.6 is 0 Å². The van der Waals surface area contributed by atoms with Crippen LogP contribution in [0.2, 0.25) is 0 Å². The first-order valence-electron chi connectivity index (χ1n) is 8.74. The summed E-state index contributed by atoms with van der Waals surface area (Å²) in [5.74, 6) is -2.60. The zero-order valence-electron chi connectivity index (χ0n) is 14.9. The monoisotopic (exact) mass is 374 g/mol. The van der Waals surface area contributed by atoms with Crippen LogP contribution in [0.1, 0.15) is 36.3 Å². The smallest absolute Gasteiger partial charge is 0.316 e. The molecule has 0 radical (unpaired) electrons. The SMILES string of the molecule is COc1ccc(COC(=O)[C@H]2C[C@@H](c3cc(F)cc(F)c3)CCC2=O)cc1. The molecule has 3 rings (SSSR count). The lowest BCUT2D eigenvalue weighted by Crippen LogP contribution is -2.32. The Hall–Kier alpha value is -2.76. The molecule has 0 amide bonds. The van der Waals surface area contributed by atoms with Gasteiger partial charge in [-0.2, -0.15) is 0 Å². The predicted octanol–water partition coefficient (Wildman–Crippen LogP) is 4.17. The number of hydrogen-bond acceptors (Lipinski definition) is 4. The number of rotatable bonds is 5. The van der Waals surface area contributed by atoms with E-state index in [0.717, 1.165) is 11.6 Å². The average molecular weight is 374 g/mol. The summed E-state index contributed by atoms with van der Waals surface area (Å²) < 4.78 is 37.3. The van der Waals surface area contributed by atoms with Gasteiger partial charge in [-0.15, -0.1) is 0 Å². The van der Waals surface area contributed by atoms with Gasteiger partial charge in [0.15, 0.2) is 0 Å². The Labute approximate surface area is 156 Å². The van der Waals surface area contributed by atoms with Crippen LogP contribution in [-0.2, 0) is 20.9 Å². The lowest BCUT2D eigenvalue weighted by Gasteiger charge is -2.27. The number of ketones is 1. The molecule has 142 valence electrons. The van der Waals surface area contributed by atoms with Crippen LogP contribution in [0, 0.1) is 17.6 Å². The van der Waals surface area contributed by atoms with E-state index in [1.807, 2.05) is 0 Å². The zero-order valence-corrected chi connectivity index (χ0v) is 14.9. The molecule has 1 aliphatic carbocycles. The summed E-state index contributed by atoms with van der Waals surface area (Å²) in [6.45, 7) is 0.0475. The Morgan fingerprint density at radius 1 is 1.11 bits per heavy atom. The highest BCUT2D eigenvalue weighted by atomic mass is 19.1. The van der Waals surface area contributed by atoms with Crippen LogP contribution in [0.4, 0.5) is 8.78 Å². The number of carbonyl (C=O) groups excluding carboxylic acids is 2. The number of esters is 1. The number of benzene rings is 2. The van der Waals surface area contributed by atoms with Crippen molar-refractivity contribution in [3.8, 4) is 5.75 Å². The van der Waals surface area contributed by atoms with Crippen LogP contribution < -0.4 is 4.74 Å². The normalized spacial score (nSPS) is 19.6. The van der Waals surface area contributed by atoms with E-state index in [2.05, 4.69) is 0 Å². The minimum atomic E-state index is -0.909. The van der Waals surface area contributed by atoms with Gasteiger partial charge in [-0.1, -0.05) is 12.1 Å². The summed E-state index contributed by atoms with van der Waals surface area (Å²) >= 11 is 0. The Bertz CT molecular complexity index is 812. The number of halogens is 2. The largest absolute Gasteiger partial charge is 0.497 e. The van der Waals surface area contributed by atoms with Crippen molar-refractivity contribution in [3.05, 3.63) is 65.2 Å². The van der Waals surface area contributed by atoms with Crippen LogP contribution in [0.15, 0.2) is 42.5 Å². The number of carbonyl (C=O) groups is 2. The van der Waals surface area contributed by atoms with Crippen molar-refractivity contribution in [1.82, 2.24) is 0 Å². The topological polar surface area (TPSA) is 52.6 Å². The van der Waals surface area contributed by atoms with Gasteiger partial charge in [0.25, 0.3) is 0 Å². The van der Waals surface area contributed by atoms with Gasteiger partial charge in [-0.25, -0.2) is 8.78 Å². The second-order valence-electron chi connectivity index (χ2n) is 6.65. The maximum Gasteiger partial charge on any atom is 0.316 e. The molecular weight excluding hydrogens is 354 g/mol. The highest BCUT2D eigenvalue weighted by Crippen LogP contribution is 2.35. The quantitative estimate of drug-likeness (QED) is 0.582. The standard InChI is InChI=1S/C21H20F2O4/c1-26-18-5-2-13(3-6-18)12-27-21(25)19-10-14(4-7-20(19)24)15-8-16(22)11-17(23)9-15/h2-3,5-6,8-9,11,14,19H,4,7,10,12H2,1H3/t14-,19-/m0/s1. The van der Waals surface area contributed by atoms with Crippen molar-refractivity contribution in [2.75, 3.05) is 7.11 Å². The highest BCUT2D eigenvalue weighted by molar-refractivity contribution is 5.99. The summed E-state index contributed by atoms with van der Waals surface area (Å²) in [7, 11) is 1.56. The number of ether oxygens (including phenoxy) is 2. The van der Waals surface area contributed by atoms with Gasteiger partial charge in [-0.3, -0.25) is 9.59 Å². The van der Waals surface area contributed by atoms with Gasteiger partial charge in [0.2, 0.25) is 0 Å². The van der Waals surface area contributed by atoms with Crippen LogP contribution in [0.3, 0.4) is 0 Å². The number of Topliss-reactive ketones (excluding diaryl/α,β-unsaturated/α-hetero) is 1. The number of methoxy groups -OCH3 is 1. The molecule has 0 unspecified atom stereocenters. The third kappa shape index (κ3) is 4.70. The van der Waals surface area contributed by atoms with Crippen molar-refractivity contribution >= 4 is 11.8 Å². The molecule has 0 aliphatic heterocycles. The summed E-state index contributed by atoms with van der Waals surface area (Å²) in [5, 5.41) is 0. The van der Waals surface area contributed by atoms with Crippen molar-refractivity contribution in [2.24, 2.45) is 5.92 Å². The van der Waals surface area contributed by atoms with E-state index < -0.39 is 23.5 Å². The van der Waals surface area contributed by atoms with Gasteiger partial charge in [0.1, 0.15) is 35.7 Å². The lowest BCUT2D eigenvalue weighted by atomic mass is 9.77. The third-order valence-electron chi connectivity index (χ3n) is 4.83. The van der Waals surface area contributed by atoms with Crippen molar-refractivity contribution in [1.29, 1.82) is 0 Å². The zero-order chi connectivity index (χ0) is 19.4. The first-order valence-corrected chi connectivity index (χ1v) is 8.74. The van der Waals surface area contributed by atoms with Crippen molar-refractivity contribution in [3.63, 3.8) is 0 Å². The van der Waals surface area contributed by atoms with Crippen LogP contribution in [0.5, 0.6) is 5.75 Å². The maximum absolute atomic E-state index is 13.5. The molecule has 1 aliphatic rings. The lowest BCUT2D eigenvalue weighted by molar-refractivity contribution is -0.154. The van der Waals surface area contributed by atoms with Crippen LogP contribution in [0.25, 0.3) is 0 Å². The van der Waals surface area contributed by atoms with E-state index in [0.29, 0.717) is 17.7 Å². The average Bonchev–Trinajstić information content (AvgIpc) is 2.66. The molecule has 2 aromatic rings. The second-order valence-corrected chi connectivity index (χ2v) is 6.65. The molecule has 4 nitrogen and oxygen atoms in total. The minimum absolute atomic E-state index is 0.0475. The minimum Gasteiger partial charge on any atom is -0.497 e. The fourth-order valence-corrected chi connectivity index (χ4v) is 3.34. The molecule has 1 saturated carbocycles. The summed E-state index contributed by atoms with van der Waals surface area (Å²) in [6.07, 6.45) is 0.845. The molecular formula is C21H20F2O4. The summed E-state index contributed by atoms with van der Waals surface area (Å²) in [6, 6.07) is 10.4. The van der Waals surface area contributed by atoms with Gasteiger partial charge in [0, 0.05) is 12.5 Å². The molecule has 0 spiro atoms. The Morgan fingerprint density at radius 2 is 1.78 bits per heavy atom. The fourth-order valence-electron chi connectivity index (χ4n) is 3.34. The molecule has 2 atom stereocenters. The van der Waals surface area contributed by atoms with Crippen LogP contribution in [-0.4, -0.2) is 18.9 Å². The Balaban J connectivity index is 1.64. The van der Waals surface area contributed by atoms with E-state index in [4.69, 9.17) is 9.47 Å². The van der Waals surface area contributed by atoms with Gasteiger partial charge in [-0.05, 0) is 54.2 Å². The first kappa shape index (κ1) is 19.0. The molecule has 0 N–H and O–H groups in total. The molecule has 0 aromatic heterocycles. The predicted molar refractivity (Wildman–Crippen MR) is 94.2 cm³/mol. The molecule has 2 aromatic carbocycles. The van der Waals surface area contributed by atoms with E-state index in [1.54, 1.807) is 31.4 Å².